The molecule has 0 amide bonds. The van der Waals surface area contributed by atoms with E-state index in [9.17, 15) is 4.79 Å². The third-order valence-electron chi connectivity index (χ3n) is 3.95. The van der Waals surface area contributed by atoms with E-state index in [1.807, 2.05) is 61.5 Å². The monoisotopic (exact) mass is 317 g/mol. The molecule has 0 fully saturated rings. The fourth-order valence-electron chi connectivity index (χ4n) is 2.72. The SMILES string of the molecule is Cc1ccc(-n2c(-c3ccccc3)nc3[nH]nc(N)c3c2=O)cc1. The third kappa shape index (κ3) is 2.16. The van der Waals surface area contributed by atoms with Gasteiger partial charge in [-0.05, 0) is 19.1 Å². The van der Waals surface area contributed by atoms with Gasteiger partial charge in [-0.15, -0.1) is 0 Å². The molecule has 118 valence electrons. The molecular formula is C18H15N5O. The fourth-order valence-corrected chi connectivity index (χ4v) is 2.72. The second kappa shape index (κ2) is 5.34. The number of nitrogens with two attached hydrogens (primary N) is 1. The van der Waals surface area contributed by atoms with Crippen LogP contribution in [0.15, 0.2) is 59.4 Å². The van der Waals surface area contributed by atoms with Crippen molar-refractivity contribution in [3.8, 4) is 17.1 Å². The Kier molecular flexibility index (Phi) is 3.16. The van der Waals surface area contributed by atoms with Crippen molar-refractivity contribution in [2.45, 2.75) is 6.92 Å². The highest BCUT2D eigenvalue weighted by molar-refractivity contribution is 5.86. The topological polar surface area (TPSA) is 89.6 Å². The highest BCUT2D eigenvalue weighted by Crippen LogP contribution is 2.23. The molecule has 0 atom stereocenters. The molecular weight excluding hydrogens is 302 g/mol. The number of hydrogen-bond acceptors (Lipinski definition) is 4. The summed E-state index contributed by atoms with van der Waals surface area (Å²) in [7, 11) is 0. The molecule has 0 saturated carbocycles. The molecule has 3 N–H and O–H groups in total. The van der Waals surface area contributed by atoms with Crippen LogP contribution in [0.5, 0.6) is 0 Å². The third-order valence-corrected chi connectivity index (χ3v) is 3.95. The average molecular weight is 317 g/mol. The molecule has 0 aliphatic carbocycles. The standard InChI is InChI=1S/C18H15N5O/c1-11-7-9-13(10-8-11)23-17(12-5-3-2-4-6-12)20-16-14(18(23)24)15(19)21-22-16/h2-10H,1H3,(H3,19,21,22). The Labute approximate surface area is 137 Å². The van der Waals surface area contributed by atoms with Crippen LogP contribution in [0.3, 0.4) is 0 Å². The van der Waals surface area contributed by atoms with Crippen molar-refractivity contribution in [2.24, 2.45) is 0 Å². The first-order valence-electron chi connectivity index (χ1n) is 7.54. The number of rotatable bonds is 2. The summed E-state index contributed by atoms with van der Waals surface area (Å²) in [4.78, 5) is 17.7. The summed E-state index contributed by atoms with van der Waals surface area (Å²) in [6.45, 7) is 2.00. The zero-order valence-corrected chi connectivity index (χ0v) is 13.0. The lowest BCUT2D eigenvalue weighted by Crippen LogP contribution is -2.22. The maximum Gasteiger partial charge on any atom is 0.271 e. The Morgan fingerprint density at radius 1 is 1.04 bits per heavy atom. The van der Waals surface area contributed by atoms with E-state index in [1.54, 1.807) is 4.57 Å². The molecule has 0 aliphatic rings. The molecule has 0 radical (unpaired) electrons. The fraction of sp³-hybridized carbons (Fsp3) is 0.0556. The molecule has 0 saturated heterocycles. The van der Waals surface area contributed by atoms with Crippen molar-refractivity contribution < 1.29 is 0 Å². The van der Waals surface area contributed by atoms with Gasteiger partial charge in [-0.25, -0.2) is 4.98 Å². The van der Waals surface area contributed by atoms with Gasteiger partial charge >= 0.3 is 0 Å². The van der Waals surface area contributed by atoms with Crippen molar-refractivity contribution in [1.82, 2.24) is 19.7 Å². The van der Waals surface area contributed by atoms with Crippen molar-refractivity contribution >= 4 is 16.9 Å². The molecule has 2 heterocycles. The largest absolute Gasteiger partial charge is 0.381 e. The van der Waals surface area contributed by atoms with E-state index in [-0.39, 0.29) is 11.4 Å². The molecule has 4 rings (SSSR count). The van der Waals surface area contributed by atoms with Crippen molar-refractivity contribution in [3.63, 3.8) is 0 Å². The van der Waals surface area contributed by atoms with E-state index < -0.39 is 0 Å². The first-order valence-corrected chi connectivity index (χ1v) is 7.54. The van der Waals surface area contributed by atoms with Crippen LogP contribution in [-0.2, 0) is 0 Å². The van der Waals surface area contributed by atoms with Crippen LogP contribution < -0.4 is 11.3 Å². The van der Waals surface area contributed by atoms with Gasteiger partial charge in [0, 0.05) is 5.56 Å². The number of aromatic nitrogens is 4. The Balaban J connectivity index is 2.12. The Hall–Kier alpha value is -3.41. The number of nitrogens with one attached hydrogen (secondary N) is 1. The number of benzene rings is 2. The van der Waals surface area contributed by atoms with Crippen LogP contribution >= 0.6 is 0 Å². The van der Waals surface area contributed by atoms with E-state index in [0.29, 0.717) is 16.9 Å². The number of aromatic amines is 1. The lowest BCUT2D eigenvalue weighted by molar-refractivity contribution is 0.970. The summed E-state index contributed by atoms with van der Waals surface area (Å²) in [5.41, 5.74) is 8.68. The minimum Gasteiger partial charge on any atom is -0.381 e. The number of nitrogen functional groups attached to an aromatic ring is 1. The quantitative estimate of drug-likeness (QED) is 0.595. The lowest BCUT2D eigenvalue weighted by Gasteiger charge is -2.12. The van der Waals surface area contributed by atoms with E-state index in [1.165, 1.54) is 0 Å². The van der Waals surface area contributed by atoms with Gasteiger partial charge in [-0.2, -0.15) is 5.10 Å². The summed E-state index contributed by atoms with van der Waals surface area (Å²) in [6, 6.07) is 17.3. The normalized spacial score (nSPS) is 11.0. The van der Waals surface area contributed by atoms with Gasteiger partial charge in [-0.3, -0.25) is 14.5 Å². The second-order valence-corrected chi connectivity index (χ2v) is 5.61. The van der Waals surface area contributed by atoms with Gasteiger partial charge in [0.05, 0.1) is 5.69 Å². The Morgan fingerprint density at radius 3 is 2.46 bits per heavy atom. The van der Waals surface area contributed by atoms with E-state index in [2.05, 4.69) is 15.2 Å². The van der Waals surface area contributed by atoms with Gasteiger partial charge in [0.15, 0.2) is 11.5 Å². The Morgan fingerprint density at radius 2 is 1.75 bits per heavy atom. The first-order chi connectivity index (χ1) is 11.6. The summed E-state index contributed by atoms with van der Waals surface area (Å²) < 4.78 is 1.57. The van der Waals surface area contributed by atoms with E-state index in [0.717, 1.165) is 16.8 Å². The highest BCUT2D eigenvalue weighted by Gasteiger charge is 2.17. The van der Waals surface area contributed by atoms with E-state index >= 15 is 0 Å². The summed E-state index contributed by atoms with van der Waals surface area (Å²) >= 11 is 0. The predicted octanol–water partition coefficient (Wildman–Crippen LogP) is 2.67. The minimum atomic E-state index is -0.242. The zero-order valence-electron chi connectivity index (χ0n) is 13.0. The van der Waals surface area contributed by atoms with Crippen LogP contribution in [0.2, 0.25) is 0 Å². The predicted molar refractivity (Wildman–Crippen MR) is 94.1 cm³/mol. The van der Waals surface area contributed by atoms with Crippen LogP contribution in [0.4, 0.5) is 5.82 Å². The highest BCUT2D eigenvalue weighted by atomic mass is 16.1. The second-order valence-electron chi connectivity index (χ2n) is 5.61. The first kappa shape index (κ1) is 14.2. The number of anilines is 1. The van der Waals surface area contributed by atoms with Crippen molar-refractivity contribution in [1.29, 1.82) is 0 Å². The average Bonchev–Trinajstić information content (AvgIpc) is 2.98. The number of nitrogens with zero attached hydrogens (tertiary/aromatic N) is 3. The number of hydrogen-bond donors (Lipinski definition) is 2. The van der Waals surface area contributed by atoms with E-state index in [4.69, 9.17) is 5.73 Å². The van der Waals surface area contributed by atoms with Crippen molar-refractivity contribution in [2.75, 3.05) is 5.73 Å². The van der Waals surface area contributed by atoms with Crippen LogP contribution in [-0.4, -0.2) is 19.7 Å². The molecule has 6 heteroatoms. The van der Waals surface area contributed by atoms with Gasteiger partial charge < -0.3 is 5.73 Å². The van der Waals surface area contributed by atoms with Gasteiger partial charge in [0.1, 0.15) is 11.2 Å². The molecule has 4 aromatic rings. The van der Waals surface area contributed by atoms with Crippen LogP contribution in [0.1, 0.15) is 5.56 Å². The molecule has 2 aromatic heterocycles. The maximum absolute atomic E-state index is 13.1. The number of fused-ring (bicyclic) bond motifs is 1. The van der Waals surface area contributed by atoms with Gasteiger partial charge in [0.25, 0.3) is 5.56 Å². The molecule has 24 heavy (non-hydrogen) atoms. The lowest BCUT2D eigenvalue weighted by atomic mass is 10.1. The maximum atomic E-state index is 13.1. The molecule has 0 bridgehead atoms. The van der Waals surface area contributed by atoms with Crippen LogP contribution in [0, 0.1) is 6.92 Å². The summed E-state index contributed by atoms with van der Waals surface area (Å²) in [5, 5.41) is 6.95. The van der Waals surface area contributed by atoms with Crippen molar-refractivity contribution in [3.05, 3.63) is 70.5 Å². The number of aryl methyl sites for hydroxylation is 1. The number of H-pyrrole nitrogens is 1. The molecule has 6 nitrogen and oxygen atoms in total. The van der Waals surface area contributed by atoms with Gasteiger partial charge in [-0.1, -0.05) is 48.0 Å². The summed E-state index contributed by atoms with van der Waals surface area (Å²) in [6.07, 6.45) is 0. The molecule has 0 spiro atoms. The molecule has 2 aromatic carbocycles. The zero-order chi connectivity index (χ0) is 16.7. The van der Waals surface area contributed by atoms with Crippen LogP contribution in [0.25, 0.3) is 28.1 Å². The minimum absolute atomic E-state index is 0.156. The smallest absolute Gasteiger partial charge is 0.271 e. The Bertz CT molecular complexity index is 1080. The molecule has 0 unspecified atom stereocenters. The van der Waals surface area contributed by atoms with Gasteiger partial charge in [0.2, 0.25) is 0 Å². The molecule has 0 aliphatic heterocycles. The summed E-state index contributed by atoms with van der Waals surface area (Å²) in [5.74, 6) is 0.698.